The van der Waals surface area contributed by atoms with Crippen LogP contribution in [-0.2, 0) is 11.3 Å². The van der Waals surface area contributed by atoms with Gasteiger partial charge in [-0.1, -0.05) is 24.6 Å². The zero-order valence-corrected chi connectivity index (χ0v) is 9.97. The molecule has 17 heavy (non-hydrogen) atoms. The van der Waals surface area contributed by atoms with Crippen LogP contribution in [0.25, 0.3) is 0 Å². The minimum Gasteiger partial charge on any atom is -0.464 e. The Bertz CT molecular complexity index is 429. The van der Waals surface area contributed by atoms with Gasteiger partial charge in [0.05, 0.1) is 6.61 Å². The number of benzene rings is 1. The van der Waals surface area contributed by atoms with Gasteiger partial charge in [-0.3, -0.25) is 0 Å². The maximum Gasteiger partial charge on any atom is 0.203 e. The topological polar surface area (TPSA) is 18.5 Å². The second kappa shape index (κ2) is 3.74. The van der Waals surface area contributed by atoms with Gasteiger partial charge in [0, 0.05) is 11.5 Å². The quantitative estimate of drug-likeness (QED) is 0.736. The van der Waals surface area contributed by atoms with Gasteiger partial charge in [0.1, 0.15) is 5.75 Å². The second-order valence-electron chi connectivity index (χ2n) is 5.74. The van der Waals surface area contributed by atoms with Crippen molar-refractivity contribution in [2.45, 2.75) is 38.6 Å². The van der Waals surface area contributed by atoms with E-state index in [9.17, 15) is 0 Å². The van der Waals surface area contributed by atoms with E-state index in [0.717, 1.165) is 17.6 Å². The summed E-state index contributed by atoms with van der Waals surface area (Å²) in [4.78, 5) is 0. The Morgan fingerprint density at radius 2 is 2.00 bits per heavy atom. The Hall–Kier alpha value is -1.02. The highest BCUT2D eigenvalue weighted by atomic mass is 16.7. The summed E-state index contributed by atoms with van der Waals surface area (Å²) in [5.41, 5.74) is 1.19. The van der Waals surface area contributed by atoms with E-state index >= 15 is 0 Å². The molecule has 2 fully saturated rings. The highest BCUT2D eigenvalue weighted by Crippen LogP contribution is 2.51. The molecule has 90 valence electrons. The number of ether oxygens (including phenoxy) is 2. The zero-order valence-electron chi connectivity index (χ0n) is 9.97. The van der Waals surface area contributed by atoms with E-state index < -0.39 is 0 Å². The molecule has 0 aromatic heterocycles. The molecule has 4 rings (SSSR count). The molecule has 1 aromatic carbocycles. The van der Waals surface area contributed by atoms with Crippen LogP contribution in [0.3, 0.4) is 0 Å². The molecular weight excluding hydrogens is 212 g/mol. The van der Waals surface area contributed by atoms with Gasteiger partial charge in [-0.15, -0.1) is 0 Å². The molecule has 1 aliphatic heterocycles. The van der Waals surface area contributed by atoms with Gasteiger partial charge < -0.3 is 9.47 Å². The van der Waals surface area contributed by atoms with E-state index in [2.05, 4.69) is 12.1 Å². The Kier molecular flexibility index (Phi) is 2.19. The predicted octanol–water partition coefficient (Wildman–Crippen LogP) is 3.36. The van der Waals surface area contributed by atoms with E-state index in [1.165, 1.54) is 31.2 Å². The third-order valence-electron chi connectivity index (χ3n) is 4.76. The molecule has 3 aliphatic rings. The molecule has 4 atom stereocenters. The molecule has 4 unspecified atom stereocenters. The molecule has 0 amide bonds. The summed E-state index contributed by atoms with van der Waals surface area (Å²) in [5.74, 6) is 3.48. The van der Waals surface area contributed by atoms with E-state index in [4.69, 9.17) is 9.47 Å². The molecule has 0 spiro atoms. The molecule has 2 saturated carbocycles. The number of fused-ring (bicyclic) bond motifs is 3. The SMILES string of the molecule is c1ccc2c(c1)COC(C1CC3CCC1C3)O2. The minimum absolute atomic E-state index is 0.0141. The third kappa shape index (κ3) is 1.58. The van der Waals surface area contributed by atoms with Gasteiger partial charge in [-0.2, -0.15) is 0 Å². The average Bonchev–Trinajstić information content (AvgIpc) is 3.00. The molecule has 0 radical (unpaired) electrons. The van der Waals surface area contributed by atoms with Crippen molar-refractivity contribution in [3.8, 4) is 5.75 Å². The van der Waals surface area contributed by atoms with Gasteiger partial charge in [-0.05, 0) is 37.2 Å². The number of hydrogen-bond donors (Lipinski definition) is 0. The van der Waals surface area contributed by atoms with Gasteiger partial charge in [0.2, 0.25) is 6.29 Å². The van der Waals surface area contributed by atoms with Crippen LogP contribution in [0.1, 0.15) is 31.2 Å². The smallest absolute Gasteiger partial charge is 0.203 e. The van der Waals surface area contributed by atoms with E-state index in [1.54, 1.807) is 0 Å². The molecular formula is C15H18O2. The second-order valence-corrected chi connectivity index (χ2v) is 5.74. The zero-order chi connectivity index (χ0) is 11.2. The Morgan fingerprint density at radius 1 is 1.06 bits per heavy atom. The molecule has 1 heterocycles. The molecule has 0 N–H and O–H groups in total. The number of hydrogen-bond acceptors (Lipinski definition) is 2. The molecule has 2 heteroatoms. The largest absolute Gasteiger partial charge is 0.464 e. The van der Waals surface area contributed by atoms with Gasteiger partial charge in [0.25, 0.3) is 0 Å². The van der Waals surface area contributed by atoms with Crippen molar-refractivity contribution in [2.75, 3.05) is 0 Å². The first-order valence-corrected chi connectivity index (χ1v) is 6.76. The summed E-state index contributed by atoms with van der Waals surface area (Å²) in [6.45, 7) is 0.717. The Balaban J connectivity index is 1.55. The summed E-state index contributed by atoms with van der Waals surface area (Å²) >= 11 is 0. The van der Waals surface area contributed by atoms with Crippen LogP contribution < -0.4 is 4.74 Å². The predicted molar refractivity (Wildman–Crippen MR) is 64.6 cm³/mol. The van der Waals surface area contributed by atoms with Crippen molar-refractivity contribution in [3.05, 3.63) is 29.8 Å². The molecule has 1 aromatic rings. The molecule has 2 nitrogen and oxygen atoms in total. The Labute approximate surface area is 102 Å². The highest BCUT2D eigenvalue weighted by Gasteiger charge is 2.45. The standard InChI is InChI=1S/C15H18O2/c1-2-4-14-12(3-1)9-16-15(17-14)13-8-10-5-6-11(13)7-10/h1-4,10-11,13,15H,5-9H2. The van der Waals surface area contributed by atoms with Crippen LogP contribution in [0.4, 0.5) is 0 Å². The van der Waals surface area contributed by atoms with Crippen LogP contribution in [-0.4, -0.2) is 6.29 Å². The van der Waals surface area contributed by atoms with E-state index in [-0.39, 0.29) is 6.29 Å². The van der Waals surface area contributed by atoms with Crippen LogP contribution in [0.2, 0.25) is 0 Å². The van der Waals surface area contributed by atoms with Crippen molar-refractivity contribution in [3.63, 3.8) is 0 Å². The lowest BCUT2D eigenvalue weighted by molar-refractivity contribution is -0.150. The van der Waals surface area contributed by atoms with Crippen LogP contribution in [0.15, 0.2) is 24.3 Å². The lowest BCUT2D eigenvalue weighted by Gasteiger charge is -2.34. The fourth-order valence-corrected chi connectivity index (χ4v) is 3.91. The van der Waals surface area contributed by atoms with Crippen LogP contribution in [0, 0.1) is 17.8 Å². The van der Waals surface area contributed by atoms with Crippen LogP contribution >= 0.6 is 0 Å². The van der Waals surface area contributed by atoms with Gasteiger partial charge in [0.15, 0.2) is 0 Å². The lowest BCUT2D eigenvalue weighted by Crippen LogP contribution is -2.35. The fraction of sp³-hybridized carbons (Fsp3) is 0.600. The summed E-state index contributed by atoms with van der Waals surface area (Å²) < 4.78 is 12.0. The number of rotatable bonds is 1. The maximum atomic E-state index is 6.05. The minimum atomic E-state index is 0.0141. The van der Waals surface area contributed by atoms with Crippen molar-refractivity contribution >= 4 is 0 Å². The monoisotopic (exact) mass is 230 g/mol. The first-order valence-electron chi connectivity index (χ1n) is 6.76. The van der Waals surface area contributed by atoms with Crippen molar-refractivity contribution in [1.29, 1.82) is 0 Å². The lowest BCUT2D eigenvalue weighted by atomic mass is 9.88. The maximum absolute atomic E-state index is 6.05. The van der Waals surface area contributed by atoms with Gasteiger partial charge >= 0.3 is 0 Å². The van der Waals surface area contributed by atoms with Crippen molar-refractivity contribution in [2.24, 2.45) is 17.8 Å². The first-order chi connectivity index (χ1) is 8.40. The summed E-state index contributed by atoms with van der Waals surface area (Å²) in [7, 11) is 0. The van der Waals surface area contributed by atoms with Crippen molar-refractivity contribution < 1.29 is 9.47 Å². The van der Waals surface area contributed by atoms with Gasteiger partial charge in [-0.25, -0.2) is 0 Å². The Morgan fingerprint density at radius 3 is 2.82 bits per heavy atom. The molecule has 0 saturated heterocycles. The van der Waals surface area contributed by atoms with E-state index in [0.29, 0.717) is 12.5 Å². The fourth-order valence-electron chi connectivity index (χ4n) is 3.91. The summed E-state index contributed by atoms with van der Waals surface area (Å²) in [5, 5.41) is 0. The summed E-state index contributed by atoms with van der Waals surface area (Å²) in [6, 6.07) is 8.25. The molecule has 2 aliphatic carbocycles. The average molecular weight is 230 g/mol. The third-order valence-corrected chi connectivity index (χ3v) is 4.76. The number of para-hydroxylation sites is 1. The molecule has 2 bridgehead atoms. The summed E-state index contributed by atoms with van der Waals surface area (Å²) in [6.07, 6.45) is 5.57. The first kappa shape index (κ1) is 9.95. The normalized spacial score (nSPS) is 38.8. The van der Waals surface area contributed by atoms with Crippen molar-refractivity contribution in [1.82, 2.24) is 0 Å². The van der Waals surface area contributed by atoms with E-state index in [1.807, 2.05) is 12.1 Å². The van der Waals surface area contributed by atoms with Crippen LogP contribution in [0.5, 0.6) is 5.75 Å². The highest BCUT2D eigenvalue weighted by molar-refractivity contribution is 5.33.